The molecular formula is C15H33NO4S. The molecule has 0 aromatic rings. The fourth-order valence-corrected chi connectivity index (χ4v) is 3.10. The second-order valence-corrected chi connectivity index (χ2v) is 7.32. The largest absolute Gasteiger partial charge is 0.393 e. The fraction of sp³-hybridized carbons (Fsp3) is 1.00. The maximum absolute atomic E-state index is 11.0. The molecular weight excluding hydrogens is 290 g/mol. The summed E-state index contributed by atoms with van der Waals surface area (Å²) >= 11 is 0. The monoisotopic (exact) mass is 323 g/mol. The van der Waals surface area contributed by atoms with Gasteiger partial charge in [-0.1, -0.05) is 58.8 Å². The van der Waals surface area contributed by atoms with Gasteiger partial charge in [0.1, 0.15) is 5.37 Å². The maximum atomic E-state index is 11.0. The van der Waals surface area contributed by atoms with Crippen LogP contribution in [0.4, 0.5) is 0 Å². The molecule has 0 aliphatic carbocycles. The lowest BCUT2D eigenvalue weighted by Crippen LogP contribution is -2.37. The smallest absolute Gasteiger partial charge is 0.281 e. The molecule has 0 aromatic carbocycles. The van der Waals surface area contributed by atoms with Gasteiger partial charge in [-0.2, -0.15) is 8.42 Å². The number of aliphatic hydroxyl groups is 1. The third-order valence-electron chi connectivity index (χ3n) is 3.72. The number of hydrogen-bond acceptors (Lipinski definition) is 4. The topological polar surface area (TPSA) is 86.6 Å². The summed E-state index contributed by atoms with van der Waals surface area (Å²) in [5.74, 6) is 0. The van der Waals surface area contributed by atoms with Crippen LogP contribution in [0.25, 0.3) is 0 Å². The Bertz CT molecular complexity index is 333. The predicted molar refractivity (Wildman–Crippen MR) is 86.9 cm³/mol. The Kier molecular flexibility index (Phi) is 12.3. The molecule has 0 heterocycles. The SMILES string of the molecule is CCCCCCCCCC(O)CCNC(CC)S(=O)(=O)O. The number of aliphatic hydroxyl groups excluding tert-OH is 1. The van der Waals surface area contributed by atoms with Crippen molar-refractivity contribution >= 4 is 10.1 Å². The molecule has 2 unspecified atom stereocenters. The zero-order valence-electron chi connectivity index (χ0n) is 13.6. The van der Waals surface area contributed by atoms with Gasteiger partial charge in [0.25, 0.3) is 10.1 Å². The molecule has 2 atom stereocenters. The molecule has 128 valence electrons. The van der Waals surface area contributed by atoms with Gasteiger partial charge in [0.15, 0.2) is 0 Å². The summed E-state index contributed by atoms with van der Waals surface area (Å²) in [6.45, 7) is 4.30. The summed E-state index contributed by atoms with van der Waals surface area (Å²) in [6, 6.07) is 0. The van der Waals surface area contributed by atoms with E-state index in [0.717, 1.165) is 19.3 Å². The quantitative estimate of drug-likeness (QED) is 0.338. The first kappa shape index (κ1) is 20.8. The number of hydrogen-bond donors (Lipinski definition) is 3. The van der Waals surface area contributed by atoms with Crippen molar-refractivity contribution in [1.82, 2.24) is 5.32 Å². The molecule has 0 aliphatic heterocycles. The predicted octanol–water partition coefficient (Wildman–Crippen LogP) is 3.09. The molecule has 21 heavy (non-hydrogen) atoms. The van der Waals surface area contributed by atoms with Gasteiger partial charge < -0.3 is 5.11 Å². The van der Waals surface area contributed by atoms with E-state index >= 15 is 0 Å². The van der Waals surface area contributed by atoms with Crippen LogP contribution in [0.5, 0.6) is 0 Å². The Morgan fingerprint density at radius 2 is 1.52 bits per heavy atom. The van der Waals surface area contributed by atoms with Gasteiger partial charge in [-0.15, -0.1) is 0 Å². The van der Waals surface area contributed by atoms with Crippen LogP contribution in [-0.2, 0) is 10.1 Å². The summed E-state index contributed by atoms with van der Waals surface area (Å²) in [5, 5.41) is 11.7. The highest BCUT2D eigenvalue weighted by Crippen LogP contribution is 2.11. The lowest BCUT2D eigenvalue weighted by atomic mass is 10.0. The number of rotatable bonds is 14. The minimum Gasteiger partial charge on any atom is -0.393 e. The van der Waals surface area contributed by atoms with Crippen LogP contribution >= 0.6 is 0 Å². The molecule has 0 rings (SSSR count). The third kappa shape index (κ3) is 12.1. The first-order valence-electron chi connectivity index (χ1n) is 8.29. The van der Waals surface area contributed by atoms with Gasteiger partial charge in [-0.25, -0.2) is 0 Å². The van der Waals surface area contributed by atoms with Crippen molar-refractivity contribution in [1.29, 1.82) is 0 Å². The molecule has 0 fully saturated rings. The highest BCUT2D eigenvalue weighted by molar-refractivity contribution is 7.86. The van der Waals surface area contributed by atoms with E-state index in [1.807, 2.05) is 0 Å². The van der Waals surface area contributed by atoms with Crippen LogP contribution in [0, 0.1) is 0 Å². The second kappa shape index (κ2) is 12.4. The summed E-state index contributed by atoms with van der Waals surface area (Å²) in [7, 11) is -4.04. The van der Waals surface area contributed by atoms with E-state index in [1.165, 1.54) is 32.1 Å². The van der Waals surface area contributed by atoms with E-state index in [0.29, 0.717) is 19.4 Å². The lowest BCUT2D eigenvalue weighted by molar-refractivity contribution is 0.150. The van der Waals surface area contributed by atoms with E-state index in [-0.39, 0.29) is 0 Å². The first-order chi connectivity index (χ1) is 9.91. The van der Waals surface area contributed by atoms with Crippen LogP contribution in [0.2, 0.25) is 0 Å². The maximum Gasteiger partial charge on any atom is 0.281 e. The van der Waals surface area contributed by atoms with E-state index in [1.54, 1.807) is 6.92 Å². The van der Waals surface area contributed by atoms with E-state index < -0.39 is 21.6 Å². The van der Waals surface area contributed by atoms with Crippen molar-refractivity contribution in [3.63, 3.8) is 0 Å². The van der Waals surface area contributed by atoms with E-state index in [9.17, 15) is 13.5 Å². The summed E-state index contributed by atoms with van der Waals surface area (Å²) in [6.07, 6.45) is 9.73. The molecule has 0 aliphatic rings. The molecule has 5 nitrogen and oxygen atoms in total. The van der Waals surface area contributed by atoms with Gasteiger partial charge in [0, 0.05) is 0 Å². The minimum atomic E-state index is -4.04. The zero-order valence-corrected chi connectivity index (χ0v) is 14.4. The number of nitrogens with one attached hydrogen (secondary N) is 1. The van der Waals surface area contributed by atoms with E-state index in [2.05, 4.69) is 12.2 Å². The average molecular weight is 323 g/mol. The highest BCUT2D eigenvalue weighted by atomic mass is 32.2. The second-order valence-electron chi connectivity index (χ2n) is 5.72. The Morgan fingerprint density at radius 3 is 2.05 bits per heavy atom. The van der Waals surface area contributed by atoms with Crippen molar-refractivity contribution in [2.24, 2.45) is 0 Å². The van der Waals surface area contributed by atoms with Crippen molar-refractivity contribution < 1.29 is 18.1 Å². The Morgan fingerprint density at radius 1 is 0.952 bits per heavy atom. The normalized spacial score (nSPS) is 15.0. The zero-order chi connectivity index (χ0) is 16.1. The molecule has 0 amide bonds. The Labute approximate surface area is 130 Å². The average Bonchev–Trinajstić information content (AvgIpc) is 2.41. The van der Waals surface area contributed by atoms with Gasteiger partial charge >= 0.3 is 0 Å². The van der Waals surface area contributed by atoms with Crippen LogP contribution in [0.3, 0.4) is 0 Å². The Balaban J connectivity index is 3.56. The van der Waals surface area contributed by atoms with Crippen molar-refractivity contribution in [3.8, 4) is 0 Å². The van der Waals surface area contributed by atoms with Gasteiger partial charge in [0.2, 0.25) is 0 Å². The molecule has 0 saturated carbocycles. The first-order valence-corrected chi connectivity index (χ1v) is 9.79. The summed E-state index contributed by atoms with van der Waals surface area (Å²) < 4.78 is 30.9. The highest BCUT2D eigenvalue weighted by Gasteiger charge is 2.19. The molecule has 3 N–H and O–H groups in total. The molecule has 0 spiro atoms. The van der Waals surface area contributed by atoms with Crippen LogP contribution in [-0.4, -0.2) is 36.1 Å². The van der Waals surface area contributed by atoms with Crippen LogP contribution in [0.15, 0.2) is 0 Å². The molecule has 0 aromatic heterocycles. The fourth-order valence-electron chi connectivity index (χ4n) is 2.35. The van der Waals surface area contributed by atoms with Crippen molar-refractivity contribution in [3.05, 3.63) is 0 Å². The standard InChI is InChI=1S/C15H33NO4S/c1-3-5-6-7-8-9-10-11-14(17)12-13-16-15(4-2)21(18,19)20/h14-17H,3-13H2,1-2H3,(H,18,19,20). The van der Waals surface area contributed by atoms with Crippen molar-refractivity contribution in [2.45, 2.75) is 89.5 Å². The van der Waals surface area contributed by atoms with E-state index in [4.69, 9.17) is 4.55 Å². The van der Waals surface area contributed by atoms with Crippen LogP contribution in [0.1, 0.15) is 78.1 Å². The summed E-state index contributed by atoms with van der Waals surface area (Å²) in [5.41, 5.74) is 0. The Hall–Kier alpha value is -0.170. The van der Waals surface area contributed by atoms with Gasteiger partial charge in [-0.05, 0) is 25.8 Å². The molecule has 6 heteroatoms. The van der Waals surface area contributed by atoms with Gasteiger partial charge in [-0.3, -0.25) is 9.87 Å². The summed E-state index contributed by atoms with van der Waals surface area (Å²) in [4.78, 5) is 0. The van der Waals surface area contributed by atoms with Crippen LogP contribution < -0.4 is 5.32 Å². The van der Waals surface area contributed by atoms with Crippen molar-refractivity contribution in [2.75, 3.05) is 6.54 Å². The third-order valence-corrected chi connectivity index (χ3v) is 4.94. The number of unbranched alkanes of at least 4 members (excludes halogenated alkanes) is 6. The molecule has 0 radical (unpaired) electrons. The minimum absolute atomic E-state index is 0.312. The van der Waals surface area contributed by atoms with Gasteiger partial charge in [0.05, 0.1) is 6.10 Å². The molecule has 0 bridgehead atoms. The lowest BCUT2D eigenvalue weighted by Gasteiger charge is -2.15. The molecule has 0 saturated heterocycles.